The Labute approximate surface area is 156 Å². The molecule has 2 aromatic rings. The lowest BCUT2D eigenvalue weighted by Crippen LogP contribution is -2.22. The van der Waals surface area contributed by atoms with Crippen LogP contribution in [0.25, 0.3) is 0 Å². The number of benzene rings is 1. The number of furan rings is 1. The summed E-state index contributed by atoms with van der Waals surface area (Å²) in [6.07, 6.45) is 2.88. The first-order valence-electron chi connectivity index (χ1n) is 8.93. The lowest BCUT2D eigenvalue weighted by Gasteiger charge is -2.13. The zero-order valence-electron chi connectivity index (χ0n) is 15.3. The van der Waals surface area contributed by atoms with Gasteiger partial charge in [0.25, 0.3) is 5.91 Å². The number of carbonyl (C=O) groups excluding carboxylic acids is 2. The third-order valence-corrected chi connectivity index (χ3v) is 4.35. The molecule has 0 atom stereocenters. The molecule has 0 aliphatic heterocycles. The van der Waals surface area contributed by atoms with Gasteiger partial charge in [-0.05, 0) is 50.5 Å². The Kier molecular flexibility index (Phi) is 5.69. The zero-order chi connectivity index (χ0) is 19.4. The van der Waals surface area contributed by atoms with E-state index in [1.54, 1.807) is 6.92 Å². The van der Waals surface area contributed by atoms with E-state index < -0.39 is 17.7 Å². The Morgan fingerprint density at radius 3 is 2.70 bits per heavy atom. The molecule has 6 nitrogen and oxygen atoms in total. The van der Waals surface area contributed by atoms with E-state index in [0.717, 1.165) is 18.4 Å². The Hall–Kier alpha value is -2.96. The first-order chi connectivity index (χ1) is 13.0. The molecule has 1 aromatic carbocycles. The molecule has 0 saturated heterocycles. The highest BCUT2D eigenvalue weighted by molar-refractivity contribution is 6.06. The molecule has 7 heteroatoms. The van der Waals surface area contributed by atoms with Crippen LogP contribution < -0.4 is 5.43 Å². The molecule has 0 spiro atoms. The highest BCUT2D eigenvalue weighted by Crippen LogP contribution is 2.30. The van der Waals surface area contributed by atoms with E-state index in [0.29, 0.717) is 42.0 Å². The number of halogens is 1. The van der Waals surface area contributed by atoms with Crippen LogP contribution in [0.1, 0.15) is 64.0 Å². The highest BCUT2D eigenvalue weighted by atomic mass is 19.1. The average Bonchev–Trinajstić information content (AvgIpc) is 3.02. The van der Waals surface area contributed by atoms with E-state index in [1.165, 1.54) is 24.3 Å². The summed E-state index contributed by atoms with van der Waals surface area (Å²) in [7, 11) is 0. The Bertz CT molecular complexity index is 884. The predicted octanol–water partition coefficient (Wildman–Crippen LogP) is 3.76. The standard InChI is InChI=1S/C20H21FN2O4/c1-3-11-26-20(25)18-12(2)17-15(5-4-6-16(17)27-18)22-23-19(24)13-7-9-14(21)10-8-13/h7-10H,3-6,11H2,1-2H3,(H,23,24)/b22-15+. The topological polar surface area (TPSA) is 80.9 Å². The maximum absolute atomic E-state index is 13.0. The minimum atomic E-state index is -0.488. The fourth-order valence-electron chi connectivity index (χ4n) is 3.02. The molecule has 1 aliphatic carbocycles. The van der Waals surface area contributed by atoms with Gasteiger partial charge in [0, 0.05) is 23.1 Å². The minimum Gasteiger partial charge on any atom is -0.460 e. The first-order valence-corrected chi connectivity index (χ1v) is 8.93. The summed E-state index contributed by atoms with van der Waals surface area (Å²) < 4.78 is 23.9. The summed E-state index contributed by atoms with van der Waals surface area (Å²) in [4.78, 5) is 24.4. The summed E-state index contributed by atoms with van der Waals surface area (Å²) in [6, 6.07) is 5.22. The van der Waals surface area contributed by atoms with Crippen molar-refractivity contribution in [3.63, 3.8) is 0 Å². The molecular formula is C20H21FN2O4. The van der Waals surface area contributed by atoms with Crippen LogP contribution >= 0.6 is 0 Å². The number of hydrazone groups is 1. The van der Waals surface area contributed by atoms with Crippen LogP contribution in [-0.2, 0) is 11.2 Å². The molecule has 0 saturated carbocycles. The molecule has 3 rings (SSSR count). The molecule has 142 valence electrons. The zero-order valence-corrected chi connectivity index (χ0v) is 15.3. The van der Waals surface area contributed by atoms with E-state index >= 15 is 0 Å². The molecule has 0 fully saturated rings. The number of esters is 1. The van der Waals surface area contributed by atoms with Crippen molar-refractivity contribution < 1.29 is 23.1 Å². The number of nitrogens with zero attached hydrogens (tertiary/aromatic N) is 1. The monoisotopic (exact) mass is 372 g/mol. The van der Waals surface area contributed by atoms with Crippen molar-refractivity contribution >= 4 is 17.6 Å². The number of hydrogen-bond acceptors (Lipinski definition) is 5. The van der Waals surface area contributed by atoms with Gasteiger partial charge in [0.05, 0.1) is 12.3 Å². The van der Waals surface area contributed by atoms with Gasteiger partial charge in [0.2, 0.25) is 5.76 Å². The number of fused-ring (bicyclic) bond motifs is 1. The molecule has 1 heterocycles. The van der Waals surface area contributed by atoms with Crippen LogP contribution in [0.4, 0.5) is 4.39 Å². The van der Waals surface area contributed by atoms with Crippen LogP contribution in [0.3, 0.4) is 0 Å². The van der Waals surface area contributed by atoms with E-state index in [-0.39, 0.29) is 5.76 Å². The van der Waals surface area contributed by atoms with E-state index in [2.05, 4.69) is 10.5 Å². The lowest BCUT2D eigenvalue weighted by molar-refractivity contribution is 0.0465. The fourth-order valence-corrected chi connectivity index (χ4v) is 3.02. The SMILES string of the molecule is CCCOC(=O)c1oc2c(c1C)/C(=N/NC(=O)c1ccc(F)cc1)CCC2. The third-order valence-electron chi connectivity index (χ3n) is 4.35. The quantitative estimate of drug-likeness (QED) is 0.640. The second-order valence-electron chi connectivity index (χ2n) is 6.35. The minimum absolute atomic E-state index is 0.188. The number of amides is 1. The van der Waals surface area contributed by atoms with Gasteiger partial charge in [-0.2, -0.15) is 5.10 Å². The number of aryl methyl sites for hydroxylation is 1. The van der Waals surface area contributed by atoms with Crippen molar-refractivity contribution in [2.24, 2.45) is 5.10 Å². The smallest absolute Gasteiger partial charge is 0.374 e. The van der Waals surface area contributed by atoms with Gasteiger partial charge >= 0.3 is 5.97 Å². The van der Waals surface area contributed by atoms with Gasteiger partial charge in [-0.3, -0.25) is 4.79 Å². The molecule has 1 amide bonds. The number of carbonyl (C=O) groups is 2. The van der Waals surface area contributed by atoms with Crippen molar-refractivity contribution in [2.45, 2.75) is 39.5 Å². The summed E-state index contributed by atoms with van der Waals surface area (Å²) in [5, 5.41) is 4.23. The summed E-state index contributed by atoms with van der Waals surface area (Å²) >= 11 is 0. The number of ether oxygens (including phenoxy) is 1. The van der Waals surface area contributed by atoms with Gasteiger partial charge in [-0.15, -0.1) is 0 Å². The summed E-state index contributed by atoms with van der Waals surface area (Å²) in [5.74, 6) is -0.465. The summed E-state index contributed by atoms with van der Waals surface area (Å²) in [5.41, 5.74) is 4.88. The number of hydrogen-bond donors (Lipinski definition) is 1. The fraction of sp³-hybridized carbons (Fsp3) is 0.350. The average molecular weight is 372 g/mol. The molecule has 0 bridgehead atoms. The van der Waals surface area contributed by atoms with Crippen LogP contribution in [0, 0.1) is 12.7 Å². The summed E-state index contributed by atoms with van der Waals surface area (Å²) in [6.45, 7) is 4.04. The van der Waals surface area contributed by atoms with Crippen molar-refractivity contribution in [3.8, 4) is 0 Å². The van der Waals surface area contributed by atoms with E-state index in [1.807, 2.05) is 6.92 Å². The van der Waals surface area contributed by atoms with Crippen molar-refractivity contribution in [1.29, 1.82) is 0 Å². The second-order valence-corrected chi connectivity index (χ2v) is 6.35. The van der Waals surface area contributed by atoms with Gasteiger partial charge in [-0.1, -0.05) is 6.92 Å². The van der Waals surface area contributed by atoms with Crippen molar-refractivity contribution in [2.75, 3.05) is 6.61 Å². The van der Waals surface area contributed by atoms with Crippen LogP contribution in [-0.4, -0.2) is 24.2 Å². The Balaban J connectivity index is 1.82. The largest absolute Gasteiger partial charge is 0.460 e. The molecule has 1 aliphatic rings. The maximum atomic E-state index is 13.0. The van der Waals surface area contributed by atoms with Gasteiger partial charge < -0.3 is 9.15 Å². The number of rotatable bonds is 5. The van der Waals surface area contributed by atoms with Gasteiger partial charge in [0.15, 0.2) is 0 Å². The predicted molar refractivity (Wildman–Crippen MR) is 97.4 cm³/mol. The molecule has 27 heavy (non-hydrogen) atoms. The lowest BCUT2D eigenvalue weighted by atomic mass is 9.93. The molecule has 0 radical (unpaired) electrons. The highest BCUT2D eigenvalue weighted by Gasteiger charge is 2.28. The van der Waals surface area contributed by atoms with Gasteiger partial charge in [0.1, 0.15) is 11.6 Å². The second kappa shape index (κ2) is 8.16. The van der Waals surface area contributed by atoms with Crippen molar-refractivity contribution in [3.05, 3.63) is 58.3 Å². The van der Waals surface area contributed by atoms with Crippen molar-refractivity contribution in [1.82, 2.24) is 5.43 Å². The molecule has 0 unspecified atom stereocenters. The van der Waals surface area contributed by atoms with Crippen LogP contribution in [0.5, 0.6) is 0 Å². The normalized spacial score (nSPS) is 14.7. The van der Waals surface area contributed by atoms with Gasteiger partial charge in [-0.25, -0.2) is 14.6 Å². The van der Waals surface area contributed by atoms with E-state index in [4.69, 9.17) is 9.15 Å². The van der Waals surface area contributed by atoms with Crippen LogP contribution in [0.15, 0.2) is 33.8 Å². The maximum Gasteiger partial charge on any atom is 0.374 e. The Morgan fingerprint density at radius 2 is 2.00 bits per heavy atom. The van der Waals surface area contributed by atoms with Crippen LogP contribution in [0.2, 0.25) is 0 Å². The molecule has 1 aromatic heterocycles. The number of nitrogens with one attached hydrogen (secondary N) is 1. The third kappa shape index (κ3) is 4.07. The van der Waals surface area contributed by atoms with E-state index in [9.17, 15) is 14.0 Å². The Morgan fingerprint density at radius 1 is 1.26 bits per heavy atom. The molecule has 1 N–H and O–H groups in total. The first kappa shape index (κ1) is 18.8. The molecular weight excluding hydrogens is 351 g/mol.